The minimum absolute atomic E-state index is 0.157. The van der Waals surface area contributed by atoms with Gasteiger partial charge in [0.05, 0.1) is 11.5 Å². The Morgan fingerprint density at radius 3 is 2.72 bits per heavy atom. The van der Waals surface area contributed by atoms with Crippen molar-refractivity contribution in [2.24, 2.45) is 0 Å². The second-order valence-corrected chi connectivity index (χ2v) is 4.01. The Bertz CT molecular complexity index is 417. The van der Waals surface area contributed by atoms with E-state index in [1.807, 2.05) is 0 Å². The average molecular weight is 251 g/mol. The highest BCUT2D eigenvalue weighted by molar-refractivity contribution is 5.77. The Hall–Kier alpha value is -1.91. The molecule has 0 aliphatic carbocycles. The van der Waals surface area contributed by atoms with Gasteiger partial charge in [0.2, 0.25) is 0 Å². The van der Waals surface area contributed by atoms with E-state index in [1.165, 1.54) is 18.2 Å². The number of carbonyl (C=O) groups excluding carboxylic acids is 1. The average Bonchev–Trinajstić information content (AvgIpc) is 2.38. The van der Waals surface area contributed by atoms with Crippen LogP contribution in [-0.4, -0.2) is 17.8 Å². The molecule has 1 aromatic carbocycles. The monoisotopic (exact) mass is 251 g/mol. The Morgan fingerprint density at radius 2 is 2.11 bits per heavy atom. The first-order valence-corrected chi connectivity index (χ1v) is 6.05. The number of benzene rings is 1. The highest BCUT2D eigenvalue weighted by Crippen LogP contribution is 2.27. The maximum atomic E-state index is 10.8. The summed E-state index contributed by atoms with van der Waals surface area (Å²) < 4.78 is 5.39. The lowest BCUT2D eigenvalue weighted by molar-refractivity contribution is -0.385. The summed E-state index contributed by atoms with van der Waals surface area (Å²) in [5, 5.41) is 10.8. The highest BCUT2D eigenvalue weighted by Gasteiger charge is 2.15. The van der Waals surface area contributed by atoms with Crippen LogP contribution >= 0.6 is 0 Å². The molecular formula is C13H17NO4. The normalized spacial score (nSPS) is 10.1. The van der Waals surface area contributed by atoms with Crippen molar-refractivity contribution < 1.29 is 14.5 Å². The molecule has 0 heterocycles. The lowest BCUT2D eigenvalue weighted by atomic mass is 10.2. The number of nitro benzene ring substituents is 1. The SMILES string of the molecule is CCCCCCOc1ccc(C=O)cc1[N+](=O)[O-]. The fourth-order valence-corrected chi connectivity index (χ4v) is 1.58. The van der Waals surface area contributed by atoms with Gasteiger partial charge in [-0.1, -0.05) is 26.2 Å². The van der Waals surface area contributed by atoms with Gasteiger partial charge in [-0.3, -0.25) is 14.9 Å². The molecule has 18 heavy (non-hydrogen) atoms. The molecular weight excluding hydrogens is 234 g/mol. The predicted molar refractivity (Wildman–Crippen MR) is 68.1 cm³/mol. The molecule has 0 radical (unpaired) electrons. The second-order valence-electron chi connectivity index (χ2n) is 4.01. The van der Waals surface area contributed by atoms with Gasteiger partial charge in [0.25, 0.3) is 0 Å². The molecule has 0 aromatic heterocycles. The minimum atomic E-state index is -0.533. The van der Waals surface area contributed by atoms with Crippen LogP contribution in [0.2, 0.25) is 0 Å². The highest BCUT2D eigenvalue weighted by atomic mass is 16.6. The van der Waals surface area contributed by atoms with Crippen molar-refractivity contribution in [3.05, 3.63) is 33.9 Å². The quantitative estimate of drug-likeness (QED) is 0.307. The van der Waals surface area contributed by atoms with Gasteiger partial charge in [-0.25, -0.2) is 0 Å². The summed E-state index contributed by atoms with van der Waals surface area (Å²) in [4.78, 5) is 20.9. The summed E-state index contributed by atoms with van der Waals surface area (Å²) in [5.41, 5.74) is 0.120. The van der Waals surface area contributed by atoms with E-state index < -0.39 is 4.92 Å². The maximum Gasteiger partial charge on any atom is 0.311 e. The largest absolute Gasteiger partial charge is 0.487 e. The summed E-state index contributed by atoms with van der Waals surface area (Å²) in [6.07, 6.45) is 4.78. The molecule has 0 saturated carbocycles. The molecule has 0 atom stereocenters. The van der Waals surface area contributed by atoms with E-state index in [4.69, 9.17) is 4.74 Å². The maximum absolute atomic E-state index is 10.8. The first-order chi connectivity index (χ1) is 8.69. The molecule has 0 spiro atoms. The van der Waals surface area contributed by atoms with Crippen LogP contribution in [0, 0.1) is 10.1 Å². The third-order valence-electron chi connectivity index (χ3n) is 2.57. The van der Waals surface area contributed by atoms with Crippen molar-refractivity contribution in [1.82, 2.24) is 0 Å². The number of hydrogen-bond donors (Lipinski definition) is 0. The van der Waals surface area contributed by atoms with Crippen LogP contribution in [0.3, 0.4) is 0 Å². The van der Waals surface area contributed by atoms with Crippen LogP contribution in [0.5, 0.6) is 5.75 Å². The molecule has 0 fully saturated rings. The second kappa shape index (κ2) is 7.42. The van der Waals surface area contributed by atoms with Gasteiger partial charge in [-0.05, 0) is 18.6 Å². The van der Waals surface area contributed by atoms with Crippen molar-refractivity contribution in [1.29, 1.82) is 0 Å². The van der Waals surface area contributed by atoms with Crippen molar-refractivity contribution in [2.75, 3.05) is 6.61 Å². The zero-order valence-electron chi connectivity index (χ0n) is 10.4. The Kier molecular flexibility index (Phi) is 5.84. The number of aldehydes is 1. The zero-order chi connectivity index (χ0) is 13.4. The van der Waals surface area contributed by atoms with E-state index in [2.05, 4.69) is 6.92 Å². The molecule has 0 amide bonds. The predicted octanol–water partition coefficient (Wildman–Crippen LogP) is 3.37. The number of unbranched alkanes of at least 4 members (excludes halogenated alkanes) is 3. The van der Waals surface area contributed by atoms with Crippen LogP contribution < -0.4 is 4.74 Å². The van der Waals surface area contributed by atoms with Gasteiger partial charge in [0, 0.05) is 11.6 Å². The molecule has 5 heteroatoms. The fourth-order valence-electron chi connectivity index (χ4n) is 1.58. The van der Waals surface area contributed by atoms with E-state index in [0.717, 1.165) is 25.7 Å². The van der Waals surface area contributed by atoms with Crippen molar-refractivity contribution in [2.45, 2.75) is 32.6 Å². The smallest absolute Gasteiger partial charge is 0.311 e. The number of nitrogens with zero attached hydrogens (tertiary/aromatic N) is 1. The first-order valence-electron chi connectivity index (χ1n) is 6.05. The third-order valence-corrected chi connectivity index (χ3v) is 2.57. The van der Waals surface area contributed by atoms with Crippen LogP contribution in [-0.2, 0) is 0 Å². The third kappa shape index (κ3) is 4.16. The van der Waals surface area contributed by atoms with E-state index in [-0.39, 0.29) is 17.0 Å². The van der Waals surface area contributed by atoms with Gasteiger partial charge in [0.15, 0.2) is 5.75 Å². The molecule has 0 N–H and O–H groups in total. The van der Waals surface area contributed by atoms with Crippen molar-refractivity contribution in [3.63, 3.8) is 0 Å². The van der Waals surface area contributed by atoms with E-state index >= 15 is 0 Å². The van der Waals surface area contributed by atoms with Crippen LogP contribution in [0.15, 0.2) is 18.2 Å². The van der Waals surface area contributed by atoms with Crippen molar-refractivity contribution in [3.8, 4) is 5.75 Å². The standard InChI is InChI=1S/C13H17NO4/c1-2-3-4-5-8-18-13-7-6-11(10-15)9-12(13)14(16)17/h6-7,9-10H,2-5,8H2,1H3. The van der Waals surface area contributed by atoms with Crippen LogP contribution in [0.25, 0.3) is 0 Å². The summed E-state index contributed by atoms with van der Waals surface area (Å²) in [7, 11) is 0. The Balaban J connectivity index is 2.64. The molecule has 5 nitrogen and oxygen atoms in total. The molecule has 0 saturated heterocycles. The van der Waals surface area contributed by atoms with Gasteiger partial charge in [-0.2, -0.15) is 0 Å². The Labute approximate surface area is 106 Å². The summed E-state index contributed by atoms with van der Waals surface area (Å²) in [5.74, 6) is 0.224. The number of rotatable bonds is 8. The Morgan fingerprint density at radius 1 is 1.33 bits per heavy atom. The molecule has 0 aliphatic rings. The summed E-state index contributed by atoms with van der Waals surface area (Å²) in [6, 6.07) is 4.22. The molecule has 0 bridgehead atoms. The van der Waals surface area contributed by atoms with Gasteiger partial charge in [0.1, 0.15) is 6.29 Å². The van der Waals surface area contributed by atoms with Crippen LogP contribution in [0.1, 0.15) is 43.0 Å². The van der Waals surface area contributed by atoms with Gasteiger partial charge in [-0.15, -0.1) is 0 Å². The lowest BCUT2D eigenvalue weighted by Crippen LogP contribution is -2.01. The van der Waals surface area contributed by atoms with E-state index in [0.29, 0.717) is 12.9 Å². The molecule has 1 rings (SSSR count). The number of nitro groups is 1. The number of ether oxygens (including phenoxy) is 1. The topological polar surface area (TPSA) is 69.4 Å². The minimum Gasteiger partial charge on any atom is -0.487 e. The first kappa shape index (κ1) is 14.2. The van der Waals surface area contributed by atoms with E-state index in [1.54, 1.807) is 0 Å². The number of hydrogen-bond acceptors (Lipinski definition) is 4. The van der Waals surface area contributed by atoms with Crippen molar-refractivity contribution >= 4 is 12.0 Å². The van der Waals surface area contributed by atoms with Gasteiger partial charge >= 0.3 is 5.69 Å². The fraction of sp³-hybridized carbons (Fsp3) is 0.462. The molecule has 98 valence electrons. The van der Waals surface area contributed by atoms with Crippen LogP contribution in [0.4, 0.5) is 5.69 Å². The van der Waals surface area contributed by atoms with E-state index in [9.17, 15) is 14.9 Å². The molecule has 0 unspecified atom stereocenters. The molecule has 0 aliphatic heterocycles. The lowest BCUT2D eigenvalue weighted by Gasteiger charge is -2.06. The number of carbonyl (C=O) groups is 1. The van der Waals surface area contributed by atoms with Gasteiger partial charge < -0.3 is 4.74 Å². The summed E-state index contributed by atoms with van der Waals surface area (Å²) in [6.45, 7) is 2.57. The molecule has 1 aromatic rings. The summed E-state index contributed by atoms with van der Waals surface area (Å²) >= 11 is 0. The zero-order valence-corrected chi connectivity index (χ0v) is 10.4.